The first-order valence-electron chi connectivity index (χ1n) is 9.72. The van der Waals surface area contributed by atoms with Crippen molar-refractivity contribution in [3.05, 3.63) is 28.8 Å². The molecule has 0 aliphatic rings. The number of rotatable bonds is 10. The molecular weight excluding hydrogens is 380 g/mol. The van der Waals surface area contributed by atoms with E-state index in [4.69, 9.17) is 22.4 Å². The summed E-state index contributed by atoms with van der Waals surface area (Å²) in [6, 6.07) is 4.37. The highest BCUT2D eigenvalue weighted by Gasteiger charge is 2.14. The van der Waals surface area contributed by atoms with Gasteiger partial charge in [-0.05, 0) is 50.8 Å². The molecule has 0 bridgehead atoms. The second kappa shape index (κ2) is 13.4. The number of hydrogen-bond acceptors (Lipinski definition) is 4. The summed E-state index contributed by atoms with van der Waals surface area (Å²) >= 11 is 5.70. The molecule has 28 heavy (non-hydrogen) atoms. The molecule has 0 fully saturated rings. The highest BCUT2D eigenvalue weighted by Crippen LogP contribution is 2.21. The molecular formula is C21H35ClN2O4. The topological polar surface area (TPSA) is 113 Å². The maximum Gasteiger partial charge on any atom is 0.303 e. The Balaban J connectivity index is 0.000000887. The van der Waals surface area contributed by atoms with Crippen molar-refractivity contribution < 1.29 is 19.8 Å². The normalized spacial score (nSPS) is 11.0. The van der Waals surface area contributed by atoms with Crippen molar-refractivity contribution in [1.29, 1.82) is 0 Å². The van der Waals surface area contributed by atoms with Crippen LogP contribution in [0.15, 0.2) is 18.2 Å². The minimum absolute atomic E-state index is 0. The van der Waals surface area contributed by atoms with Gasteiger partial charge in [-0.3, -0.25) is 9.59 Å². The summed E-state index contributed by atoms with van der Waals surface area (Å²) in [6.45, 7) is 8.86. The van der Waals surface area contributed by atoms with Gasteiger partial charge in [0.1, 0.15) is 5.75 Å². The van der Waals surface area contributed by atoms with Crippen LogP contribution in [-0.2, 0) is 4.79 Å². The summed E-state index contributed by atoms with van der Waals surface area (Å²) < 4.78 is 0. The summed E-state index contributed by atoms with van der Waals surface area (Å²) in [5.41, 5.74) is 5.89. The molecule has 0 saturated heterocycles. The molecule has 1 aromatic rings. The zero-order valence-electron chi connectivity index (χ0n) is 17.4. The SMILES string of the molecule is CC(C)C(C)(C)N.O=C(O)CCCCCCCNC(=O)c1ccc(Cl)cc1O. The van der Waals surface area contributed by atoms with E-state index in [0.29, 0.717) is 23.9 Å². The molecule has 0 unspecified atom stereocenters. The monoisotopic (exact) mass is 414 g/mol. The third-order valence-electron chi connectivity index (χ3n) is 4.55. The minimum Gasteiger partial charge on any atom is -0.507 e. The van der Waals surface area contributed by atoms with E-state index in [9.17, 15) is 14.7 Å². The molecule has 1 rings (SSSR count). The highest BCUT2D eigenvalue weighted by atomic mass is 35.5. The molecule has 0 aliphatic heterocycles. The predicted octanol–water partition coefficient (Wildman–Crippen LogP) is 4.58. The maximum absolute atomic E-state index is 11.8. The molecule has 0 aromatic heterocycles. The Morgan fingerprint density at radius 1 is 1.14 bits per heavy atom. The van der Waals surface area contributed by atoms with E-state index in [-0.39, 0.29) is 29.2 Å². The molecule has 0 spiro atoms. The van der Waals surface area contributed by atoms with Crippen molar-refractivity contribution in [2.75, 3.05) is 6.54 Å². The number of aliphatic carboxylic acids is 1. The van der Waals surface area contributed by atoms with Crippen molar-refractivity contribution in [3.8, 4) is 5.75 Å². The summed E-state index contributed by atoms with van der Waals surface area (Å²) in [5.74, 6) is -0.638. The summed E-state index contributed by atoms with van der Waals surface area (Å²) in [4.78, 5) is 22.1. The van der Waals surface area contributed by atoms with Gasteiger partial charge in [-0.1, -0.05) is 44.7 Å². The van der Waals surface area contributed by atoms with Crippen LogP contribution < -0.4 is 11.1 Å². The number of phenols is 1. The second-order valence-electron chi connectivity index (χ2n) is 7.80. The van der Waals surface area contributed by atoms with Crippen molar-refractivity contribution in [2.45, 2.75) is 71.8 Å². The molecule has 0 heterocycles. The lowest BCUT2D eigenvalue weighted by molar-refractivity contribution is -0.137. The molecule has 160 valence electrons. The van der Waals surface area contributed by atoms with Gasteiger partial charge in [-0.25, -0.2) is 0 Å². The molecule has 0 aliphatic carbocycles. The maximum atomic E-state index is 11.8. The van der Waals surface area contributed by atoms with E-state index in [2.05, 4.69) is 19.2 Å². The molecule has 0 atom stereocenters. The third-order valence-corrected chi connectivity index (χ3v) is 4.78. The number of carboxylic acids is 1. The fraction of sp³-hybridized carbons (Fsp3) is 0.619. The highest BCUT2D eigenvalue weighted by molar-refractivity contribution is 6.30. The van der Waals surface area contributed by atoms with E-state index in [0.717, 1.165) is 25.7 Å². The number of carbonyl (C=O) groups is 2. The number of nitrogens with one attached hydrogen (secondary N) is 1. The van der Waals surface area contributed by atoms with Crippen molar-refractivity contribution >= 4 is 23.5 Å². The van der Waals surface area contributed by atoms with Crippen LogP contribution in [-0.4, -0.2) is 34.2 Å². The van der Waals surface area contributed by atoms with Gasteiger partial charge in [0.05, 0.1) is 5.56 Å². The van der Waals surface area contributed by atoms with E-state index in [1.165, 1.54) is 12.1 Å². The number of aromatic hydroxyl groups is 1. The number of carboxylic acid groups (broad SMARTS) is 1. The fourth-order valence-corrected chi connectivity index (χ4v) is 2.09. The Morgan fingerprint density at radius 3 is 2.18 bits per heavy atom. The summed E-state index contributed by atoms with van der Waals surface area (Å²) in [5, 5.41) is 21.2. The molecule has 1 amide bonds. The molecule has 0 radical (unpaired) electrons. The summed E-state index contributed by atoms with van der Waals surface area (Å²) in [6.07, 6.45) is 4.51. The van der Waals surface area contributed by atoms with Crippen LogP contribution in [0, 0.1) is 5.92 Å². The van der Waals surface area contributed by atoms with E-state index in [1.807, 2.05) is 13.8 Å². The number of halogens is 1. The van der Waals surface area contributed by atoms with Crippen LogP contribution in [0.5, 0.6) is 5.75 Å². The van der Waals surface area contributed by atoms with Crippen molar-refractivity contribution in [2.24, 2.45) is 11.7 Å². The first-order chi connectivity index (χ1) is 12.9. The number of phenolic OH excluding ortho intramolecular Hbond substituents is 1. The van der Waals surface area contributed by atoms with Crippen LogP contribution in [0.25, 0.3) is 0 Å². The zero-order valence-corrected chi connectivity index (χ0v) is 18.2. The average molecular weight is 415 g/mol. The predicted molar refractivity (Wildman–Crippen MR) is 114 cm³/mol. The second-order valence-corrected chi connectivity index (χ2v) is 8.24. The van der Waals surface area contributed by atoms with Gasteiger partial charge in [0.25, 0.3) is 5.91 Å². The molecule has 1 aromatic carbocycles. The van der Waals surface area contributed by atoms with E-state index in [1.54, 1.807) is 6.07 Å². The standard InChI is InChI=1S/C15H20ClNO4.C6H15N/c16-11-7-8-12(13(18)10-11)15(21)17-9-5-3-1-2-4-6-14(19)20;1-5(2)6(3,4)7/h7-8,10,18H,1-6,9H2,(H,17,21)(H,19,20);5H,7H2,1-4H3. The zero-order chi connectivity index (χ0) is 21.7. The van der Waals surface area contributed by atoms with Crippen molar-refractivity contribution in [1.82, 2.24) is 5.32 Å². The Kier molecular flexibility index (Phi) is 12.5. The molecule has 7 heteroatoms. The van der Waals surface area contributed by atoms with E-state index < -0.39 is 5.97 Å². The first kappa shape index (κ1) is 26.2. The Labute approximate surface area is 173 Å². The third kappa shape index (κ3) is 12.6. The molecule has 6 nitrogen and oxygen atoms in total. The average Bonchev–Trinajstić information content (AvgIpc) is 2.56. The largest absolute Gasteiger partial charge is 0.507 e. The number of unbranched alkanes of at least 4 members (excludes halogenated alkanes) is 4. The number of benzene rings is 1. The van der Waals surface area contributed by atoms with Gasteiger partial charge in [0.15, 0.2) is 0 Å². The van der Waals surface area contributed by atoms with Gasteiger partial charge in [0.2, 0.25) is 0 Å². The number of amides is 1. The first-order valence-corrected chi connectivity index (χ1v) is 10.1. The van der Waals surface area contributed by atoms with Crippen LogP contribution in [0.1, 0.15) is 76.6 Å². The Hall–Kier alpha value is -1.79. The lowest BCUT2D eigenvalue weighted by atomic mass is 9.92. The number of hydrogen-bond donors (Lipinski definition) is 4. The van der Waals surface area contributed by atoms with Gasteiger partial charge < -0.3 is 21.3 Å². The fourth-order valence-electron chi connectivity index (χ4n) is 1.93. The smallest absolute Gasteiger partial charge is 0.303 e. The van der Waals surface area contributed by atoms with Gasteiger partial charge in [0, 0.05) is 23.5 Å². The van der Waals surface area contributed by atoms with Gasteiger partial charge in [-0.2, -0.15) is 0 Å². The van der Waals surface area contributed by atoms with Crippen LogP contribution >= 0.6 is 11.6 Å². The number of carbonyl (C=O) groups excluding carboxylic acids is 1. The van der Waals surface area contributed by atoms with Crippen LogP contribution in [0.3, 0.4) is 0 Å². The summed E-state index contributed by atoms with van der Waals surface area (Å²) in [7, 11) is 0. The minimum atomic E-state index is -0.759. The number of nitrogens with two attached hydrogens (primary N) is 1. The Bertz CT molecular complexity index is 613. The lowest BCUT2D eigenvalue weighted by Crippen LogP contribution is -2.37. The van der Waals surface area contributed by atoms with E-state index >= 15 is 0 Å². The molecule has 0 saturated carbocycles. The van der Waals surface area contributed by atoms with Gasteiger partial charge in [-0.15, -0.1) is 0 Å². The van der Waals surface area contributed by atoms with Gasteiger partial charge >= 0.3 is 5.97 Å². The molecule has 5 N–H and O–H groups in total. The van der Waals surface area contributed by atoms with Crippen LogP contribution in [0.2, 0.25) is 5.02 Å². The lowest BCUT2D eigenvalue weighted by Gasteiger charge is -2.22. The van der Waals surface area contributed by atoms with Crippen LogP contribution in [0.4, 0.5) is 0 Å². The van der Waals surface area contributed by atoms with Crippen molar-refractivity contribution in [3.63, 3.8) is 0 Å². The quantitative estimate of drug-likeness (QED) is 0.418. The Morgan fingerprint density at radius 2 is 1.68 bits per heavy atom.